The fraction of sp³-hybridized carbons (Fsp3) is 0.429. The van der Waals surface area contributed by atoms with E-state index in [-0.39, 0.29) is 23.6 Å². The number of amides is 2. The van der Waals surface area contributed by atoms with Crippen molar-refractivity contribution in [1.29, 1.82) is 5.26 Å². The molecule has 2 amide bonds. The number of rotatable bonds is 3. The number of anilines is 1. The van der Waals surface area contributed by atoms with Gasteiger partial charge in [-0.25, -0.2) is 13.2 Å². The van der Waals surface area contributed by atoms with E-state index in [1.807, 2.05) is 13.0 Å². The van der Waals surface area contributed by atoms with Crippen LogP contribution in [0.25, 0.3) is 0 Å². The van der Waals surface area contributed by atoms with E-state index in [9.17, 15) is 13.2 Å². The lowest BCUT2D eigenvalue weighted by Gasteiger charge is -2.27. The molecule has 1 aromatic rings. The van der Waals surface area contributed by atoms with E-state index in [1.165, 1.54) is 0 Å². The predicted octanol–water partition coefficient (Wildman–Crippen LogP) is 1.60. The minimum Gasteiger partial charge on any atom is -0.321 e. The van der Waals surface area contributed by atoms with Crippen molar-refractivity contribution in [2.75, 3.05) is 23.4 Å². The van der Waals surface area contributed by atoms with Gasteiger partial charge in [0.05, 0.1) is 23.1 Å². The molecule has 0 spiro atoms. The summed E-state index contributed by atoms with van der Waals surface area (Å²) in [6.45, 7) is 2.27. The maximum Gasteiger partial charge on any atom is 0.322 e. The molecule has 0 bridgehead atoms. The van der Waals surface area contributed by atoms with Crippen LogP contribution >= 0.6 is 0 Å². The number of sulfone groups is 1. The Kier molecular flexibility index (Phi) is 4.48. The smallest absolute Gasteiger partial charge is 0.321 e. The standard InChI is InChI=1S/C14H17N3O3S/c1-2-17(13-7-8-21(19,20)10-13)14(18)16-12-5-3-11(9-15)4-6-12/h3-6,13H,2,7-8,10H2,1H3,(H,16,18). The van der Waals surface area contributed by atoms with Gasteiger partial charge in [-0.1, -0.05) is 0 Å². The van der Waals surface area contributed by atoms with Crippen LogP contribution in [0, 0.1) is 11.3 Å². The van der Waals surface area contributed by atoms with E-state index in [4.69, 9.17) is 5.26 Å². The highest BCUT2D eigenvalue weighted by Crippen LogP contribution is 2.19. The van der Waals surface area contributed by atoms with Crippen LogP contribution in [0.2, 0.25) is 0 Å². The van der Waals surface area contributed by atoms with E-state index in [2.05, 4.69) is 5.32 Å². The number of urea groups is 1. The quantitative estimate of drug-likeness (QED) is 0.918. The van der Waals surface area contributed by atoms with Crippen LogP contribution in [0.15, 0.2) is 24.3 Å². The first kappa shape index (κ1) is 15.3. The molecule has 112 valence electrons. The molecule has 1 aliphatic rings. The molecule has 1 atom stereocenters. The molecule has 0 radical (unpaired) electrons. The largest absolute Gasteiger partial charge is 0.322 e. The van der Waals surface area contributed by atoms with Crippen LogP contribution in [0.4, 0.5) is 10.5 Å². The summed E-state index contributed by atoms with van der Waals surface area (Å²) in [5.41, 5.74) is 1.10. The average Bonchev–Trinajstić information content (AvgIpc) is 2.80. The van der Waals surface area contributed by atoms with E-state index >= 15 is 0 Å². The maximum atomic E-state index is 12.3. The zero-order chi connectivity index (χ0) is 15.5. The van der Waals surface area contributed by atoms with Crippen LogP contribution in [0.1, 0.15) is 18.9 Å². The molecule has 1 fully saturated rings. The third-order valence-corrected chi connectivity index (χ3v) is 5.27. The number of nitrogens with one attached hydrogen (secondary N) is 1. The fourth-order valence-electron chi connectivity index (χ4n) is 2.41. The zero-order valence-corrected chi connectivity index (χ0v) is 12.6. The van der Waals surface area contributed by atoms with Crippen molar-refractivity contribution in [3.63, 3.8) is 0 Å². The van der Waals surface area contributed by atoms with Gasteiger partial charge in [-0.2, -0.15) is 5.26 Å². The molecule has 1 heterocycles. The Balaban J connectivity index is 2.05. The molecule has 1 unspecified atom stereocenters. The molecule has 1 saturated heterocycles. The van der Waals surface area contributed by atoms with Gasteiger partial charge in [0, 0.05) is 18.3 Å². The highest BCUT2D eigenvalue weighted by Gasteiger charge is 2.33. The average molecular weight is 307 g/mol. The maximum absolute atomic E-state index is 12.3. The van der Waals surface area contributed by atoms with Crippen molar-refractivity contribution >= 4 is 21.6 Å². The third kappa shape index (κ3) is 3.73. The Labute approximate surface area is 124 Å². The molecule has 0 aliphatic carbocycles. The number of benzene rings is 1. The highest BCUT2D eigenvalue weighted by molar-refractivity contribution is 7.91. The monoisotopic (exact) mass is 307 g/mol. The number of hydrogen-bond donors (Lipinski definition) is 1. The summed E-state index contributed by atoms with van der Waals surface area (Å²) in [6.07, 6.45) is 0.483. The van der Waals surface area contributed by atoms with Gasteiger partial charge in [-0.15, -0.1) is 0 Å². The number of carbonyl (C=O) groups excluding carboxylic acids is 1. The molecular formula is C14H17N3O3S. The Morgan fingerprint density at radius 3 is 2.57 bits per heavy atom. The summed E-state index contributed by atoms with van der Waals surface area (Å²) >= 11 is 0. The molecule has 21 heavy (non-hydrogen) atoms. The summed E-state index contributed by atoms with van der Waals surface area (Å²) in [7, 11) is -3.02. The second-order valence-corrected chi connectivity index (χ2v) is 7.19. The van der Waals surface area contributed by atoms with Crippen LogP contribution in [0.3, 0.4) is 0 Å². The van der Waals surface area contributed by atoms with Crippen molar-refractivity contribution in [2.45, 2.75) is 19.4 Å². The minimum atomic E-state index is -3.02. The number of nitrogens with zero attached hydrogens (tertiary/aromatic N) is 2. The summed E-state index contributed by atoms with van der Waals surface area (Å²) in [5, 5.41) is 11.5. The molecule has 2 rings (SSSR count). The summed E-state index contributed by atoms with van der Waals surface area (Å²) < 4.78 is 23.0. The molecule has 1 N–H and O–H groups in total. The van der Waals surface area contributed by atoms with Crippen LogP contribution < -0.4 is 5.32 Å². The van der Waals surface area contributed by atoms with Crippen molar-refractivity contribution < 1.29 is 13.2 Å². The van der Waals surface area contributed by atoms with Gasteiger partial charge < -0.3 is 10.2 Å². The van der Waals surface area contributed by atoms with Crippen molar-refractivity contribution in [1.82, 2.24) is 4.90 Å². The molecule has 6 nitrogen and oxygen atoms in total. The van der Waals surface area contributed by atoms with Gasteiger partial charge in [0.15, 0.2) is 9.84 Å². The molecule has 1 aliphatic heterocycles. The predicted molar refractivity (Wildman–Crippen MR) is 79.6 cm³/mol. The lowest BCUT2D eigenvalue weighted by molar-refractivity contribution is 0.197. The molecular weight excluding hydrogens is 290 g/mol. The molecule has 7 heteroatoms. The van der Waals surface area contributed by atoms with Crippen LogP contribution in [0.5, 0.6) is 0 Å². The summed E-state index contributed by atoms with van der Waals surface area (Å²) in [5.74, 6) is 0.167. The second kappa shape index (κ2) is 6.14. The van der Waals surface area contributed by atoms with Crippen LogP contribution in [-0.2, 0) is 9.84 Å². The Hall–Kier alpha value is -2.07. The van der Waals surface area contributed by atoms with Gasteiger partial charge in [0.25, 0.3) is 0 Å². The Bertz CT molecular complexity index is 662. The lowest BCUT2D eigenvalue weighted by atomic mass is 10.2. The van der Waals surface area contributed by atoms with Crippen molar-refractivity contribution in [3.8, 4) is 6.07 Å². The van der Waals surface area contributed by atoms with Gasteiger partial charge in [0.2, 0.25) is 0 Å². The first-order valence-corrected chi connectivity index (χ1v) is 8.55. The van der Waals surface area contributed by atoms with Gasteiger partial charge in [-0.05, 0) is 37.6 Å². The SMILES string of the molecule is CCN(C(=O)Nc1ccc(C#N)cc1)C1CCS(=O)(=O)C1. The highest BCUT2D eigenvalue weighted by atomic mass is 32.2. The first-order valence-electron chi connectivity index (χ1n) is 6.73. The van der Waals surface area contributed by atoms with E-state index in [1.54, 1.807) is 29.2 Å². The normalized spacial score (nSPS) is 19.7. The summed E-state index contributed by atoms with van der Waals surface area (Å²) in [4.78, 5) is 13.8. The Morgan fingerprint density at radius 1 is 1.43 bits per heavy atom. The van der Waals surface area contributed by atoms with E-state index in [0.717, 1.165) is 0 Å². The first-order chi connectivity index (χ1) is 9.95. The van der Waals surface area contributed by atoms with Crippen molar-refractivity contribution in [2.24, 2.45) is 0 Å². The van der Waals surface area contributed by atoms with Crippen LogP contribution in [-0.4, -0.2) is 43.4 Å². The van der Waals surface area contributed by atoms with Gasteiger partial charge >= 0.3 is 6.03 Å². The third-order valence-electron chi connectivity index (χ3n) is 3.52. The Morgan fingerprint density at radius 2 is 2.10 bits per heavy atom. The van der Waals surface area contributed by atoms with Gasteiger partial charge in [0.1, 0.15) is 0 Å². The number of carbonyl (C=O) groups is 1. The fourth-order valence-corrected chi connectivity index (χ4v) is 4.14. The van der Waals surface area contributed by atoms with E-state index in [0.29, 0.717) is 24.2 Å². The minimum absolute atomic E-state index is 0.0294. The molecule has 0 saturated carbocycles. The molecule has 0 aromatic heterocycles. The summed E-state index contributed by atoms with van der Waals surface area (Å²) in [6, 6.07) is 7.96. The molecule has 1 aromatic carbocycles. The second-order valence-electron chi connectivity index (χ2n) is 4.96. The number of hydrogen-bond acceptors (Lipinski definition) is 4. The zero-order valence-electron chi connectivity index (χ0n) is 11.7. The lowest BCUT2D eigenvalue weighted by Crippen LogP contribution is -2.43. The van der Waals surface area contributed by atoms with E-state index < -0.39 is 9.84 Å². The van der Waals surface area contributed by atoms with Gasteiger partial charge in [-0.3, -0.25) is 0 Å². The van der Waals surface area contributed by atoms with Crippen molar-refractivity contribution in [3.05, 3.63) is 29.8 Å². The topological polar surface area (TPSA) is 90.3 Å². The number of nitriles is 1.